The zero-order valence-electron chi connectivity index (χ0n) is 11.9. The molecule has 0 amide bonds. The van der Waals surface area contributed by atoms with Crippen molar-refractivity contribution in [2.75, 3.05) is 0 Å². The van der Waals surface area contributed by atoms with E-state index in [0.717, 1.165) is 0 Å². The topological polar surface area (TPSA) is 27.7 Å². The van der Waals surface area contributed by atoms with Crippen molar-refractivity contribution in [3.05, 3.63) is 72.1 Å². The van der Waals surface area contributed by atoms with Crippen LogP contribution in [0.3, 0.4) is 0 Å². The lowest BCUT2D eigenvalue weighted by Gasteiger charge is -1.94. The summed E-state index contributed by atoms with van der Waals surface area (Å²) in [6.45, 7) is 0.707. The van der Waals surface area contributed by atoms with E-state index in [0.29, 0.717) is 12.2 Å². The zero-order chi connectivity index (χ0) is 11.9. The number of halogens is 6. The Balaban J connectivity index is -0.000000180. The molecule has 0 atom stereocenters. The van der Waals surface area contributed by atoms with E-state index in [1.807, 2.05) is 47.2 Å². The molecular formula is C15H19F6N2+. The highest BCUT2D eigenvalue weighted by Crippen LogP contribution is 2.00. The molecule has 2 nitrogen and oxygen atoms in total. The molecule has 8 heteroatoms. The molecule has 0 N–H and O–H groups in total. The Bertz CT molecular complexity index is 570. The second-order valence-electron chi connectivity index (χ2n) is 3.66. The smallest absolute Gasteiger partial charge is 0.269 e. The van der Waals surface area contributed by atoms with E-state index in [1.165, 1.54) is 5.56 Å². The minimum Gasteiger partial charge on any atom is -0.269 e. The van der Waals surface area contributed by atoms with Crippen LogP contribution in [0.25, 0.3) is 6.08 Å². The summed E-state index contributed by atoms with van der Waals surface area (Å²) in [5.74, 6) is 0. The van der Waals surface area contributed by atoms with Gasteiger partial charge in [-0.2, -0.15) is 9.83 Å². The first-order valence-electron chi connectivity index (χ1n) is 5.50. The number of rotatable bonds is 3. The van der Waals surface area contributed by atoms with E-state index in [2.05, 4.69) is 30.4 Å². The number of benzene rings is 1. The molecule has 0 unspecified atom stereocenters. The van der Waals surface area contributed by atoms with E-state index < -0.39 is 0 Å². The fourth-order valence-corrected chi connectivity index (χ4v) is 1.60. The van der Waals surface area contributed by atoms with Crippen molar-refractivity contribution in [1.29, 1.82) is 5.26 Å². The molecule has 0 fully saturated rings. The highest BCUT2D eigenvalue weighted by Gasteiger charge is 2.04. The van der Waals surface area contributed by atoms with Crippen LogP contribution in [0.2, 0.25) is 0 Å². The monoisotopic (exact) mass is 341 g/mol. The van der Waals surface area contributed by atoms with Crippen molar-refractivity contribution in [1.82, 2.24) is 0 Å². The van der Waals surface area contributed by atoms with Crippen LogP contribution in [0.4, 0.5) is 28.2 Å². The minimum atomic E-state index is 0. The molecule has 0 saturated carbocycles. The molecule has 23 heavy (non-hydrogen) atoms. The fourth-order valence-electron chi connectivity index (χ4n) is 1.60. The van der Waals surface area contributed by atoms with Crippen LogP contribution in [0, 0.1) is 11.3 Å². The van der Waals surface area contributed by atoms with Crippen molar-refractivity contribution >= 4 is 6.08 Å². The van der Waals surface area contributed by atoms with Crippen LogP contribution in [-0.2, 0) is 6.54 Å². The van der Waals surface area contributed by atoms with Gasteiger partial charge in [0.25, 0.3) is 5.69 Å². The average Bonchev–Trinajstić information content (AvgIpc) is 2.40. The minimum absolute atomic E-state index is 0. The molecule has 1 heterocycles. The average molecular weight is 341 g/mol. The third-order valence-corrected chi connectivity index (χ3v) is 2.47. The van der Waals surface area contributed by atoms with Gasteiger partial charge < -0.3 is 0 Å². The van der Waals surface area contributed by atoms with Gasteiger partial charge >= 0.3 is 0 Å². The second kappa shape index (κ2) is 17.2. The third-order valence-electron chi connectivity index (χ3n) is 2.47. The van der Waals surface area contributed by atoms with Gasteiger partial charge in [0, 0.05) is 12.1 Å². The van der Waals surface area contributed by atoms with Crippen LogP contribution in [0.1, 0.15) is 11.3 Å². The van der Waals surface area contributed by atoms with Gasteiger partial charge in [-0.3, -0.25) is 28.2 Å². The first-order chi connectivity index (χ1) is 8.40. The van der Waals surface area contributed by atoms with Gasteiger partial charge in [0.2, 0.25) is 0 Å². The number of pyridine rings is 1. The van der Waals surface area contributed by atoms with Crippen LogP contribution in [-0.4, -0.2) is 0 Å². The molecule has 2 aromatic rings. The summed E-state index contributed by atoms with van der Waals surface area (Å²) in [6, 6.07) is 17.9. The Hall–Kier alpha value is -2.82. The number of nitriles is 1. The summed E-state index contributed by atoms with van der Waals surface area (Å²) in [4.78, 5) is 0. The van der Waals surface area contributed by atoms with Gasteiger partial charge in [0.05, 0.1) is 0 Å². The summed E-state index contributed by atoms with van der Waals surface area (Å²) < 4.78 is 1.92. The maximum Gasteiger partial charge on any atom is 0.283 e. The van der Waals surface area contributed by atoms with E-state index in [4.69, 9.17) is 5.26 Å². The van der Waals surface area contributed by atoms with Crippen LogP contribution in [0.5, 0.6) is 0 Å². The Morgan fingerprint density at radius 1 is 0.826 bits per heavy atom. The molecule has 2 rings (SSSR count). The lowest BCUT2D eigenvalue weighted by atomic mass is 10.2. The van der Waals surface area contributed by atoms with Gasteiger partial charge in [-0.05, 0) is 17.7 Å². The van der Waals surface area contributed by atoms with Crippen LogP contribution < -0.4 is 4.57 Å². The highest BCUT2D eigenvalue weighted by molar-refractivity contribution is 5.48. The number of hydrogen-bond donors (Lipinski definition) is 0. The molecule has 0 aliphatic heterocycles. The van der Waals surface area contributed by atoms with Crippen molar-refractivity contribution in [2.24, 2.45) is 0 Å². The van der Waals surface area contributed by atoms with Crippen molar-refractivity contribution in [2.45, 2.75) is 6.54 Å². The van der Waals surface area contributed by atoms with Crippen LogP contribution in [0.15, 0.2) is 60.8 Å². The maximum atomic E-state index is 8.94. The summed E-state index contributed by atoms with van der Waals surface area (Å²) in [5, 5.41) is 8.94. The standard InChI is InChI=1S/C15H13N2.6FH/c16-13-15-10-4-5-11-17(15)12-6-9-14-7-2-1-3-8-14;;;;;;/h1-11H,12H2;6*1H/q+1;;;;;;/b9-6+;;;;;;. The molecule has 0 aliphatic carbocycles. The van der Waals surface area contributed by atoms with Gasteiger partial charge in [0.15, 0.2) is 18.8 Å². The summed E-state index contributed by atoms with van der Waals surface area (Å²) in [5.41, 5.74) is 1.84. The lowest BCUT2D eigenvalue weighted by molar-refractivity contribution is -0.689. The fraction of sp³-hybridized carbons (Fsp3) is 0.0667. The molecule has 1 aromatic heterocycles. The van der Waals surface area contributed by atoms with Gasteiger partial charge in [0.1, 0.15) is 0 Å². The predicted octanol–water partition coefficient (Wildman–Crippen LogP) is 3.47. The molecular weight excluding hydrogens is 322 g/mol. The molecule has 0 aliphatic rings. The number of aromatic nitrogens is 1. The summed E-state index contributed by atoms with van der Waals surface area (Å²) in [7, 11) is 0. The molecule has 0 radical (unpaired) electrons. The second-order valence-corrected chi connectivity index (χ2v) is 3.66. The van der Waals surface area contributed by atoms with Crippen molar-refractivity contribution < 1.29 is 32.8 Å². The van der Waals surface area contributed by atoms with E-state index in [1.54, 1.807) is 0 Å². The van der Waals surface area contributed by atoms with Crippen molar-refractivity contribution in [3.63, 3.8) is 0 Å². The molecule has 130 valence electrons. The first kappa shape index (κ1) is 32.2. The molecule has 1 aromatic carbocycles. The highest BCUT2D eigenvalue weighted by atomic mass is 19.0. The Kier molecular flexibility index (Phi) is 24.1. The first-order valence-corrected chi connectivity index (χ1v) is 5.50. The van der Waals surface area contributed by atoms with Gasteiger partial charge in [-0.25, -0.2) is 0 Å². The summed E-state index contributed by atoms with van der Waals surface area (Å²) >= 11 is 0. The lowest BCUT2D eigenvalue weighted by Crippen LogP contribution is -2.35. The third kappa shape index (κ3) is 9.68. The number of allylic oxidation sites excluding steroid dienone is 1. The van der Waals surface area contributed by atoms with E-state index in [9.17, 15) is 0 Å². The molecule has 0 saturated heterocycles. The number of hydrogen-bond acceptors (Lipinski definition) is 1. The molecule has 0 spiro atoms. The normalized spacial score (nSPS) is 7.61. The van der Waals surface area contributed by atoms with E-state index in [-0.39, 0.29) is 28.2 Å². The van der Waals surface area contributed by atoms with Gasteiger partial charge in [-0.1, -0.05) is 36.4 Å². The van der Waals surface area contributed by atoms with Crippen LogP contribution >= 0.6 is 0 Å². The summed E-state index contributed by atoms with van der Waals surface area (Å²) in [6.07, 6.45) is 6.02. The Morgan fingerprint density at radius 3 is 1.96 bits per heavy atom. The zero-order valence-corrected chi connectivity index (χ0v) is 11.9. The Labute approximate surface area is 129 Å². The quantitative estimate of drug-likeness (QED) is 0.620. The van der Waals surface area contributed by atoms with Gasteiger partial charge in [-0.15, -0.1) is 0 Å². The number of nitrogens with zero attached hydrogens (tertiary/aromatic N) is 2. The Morgan fingerprint density at radius 2 is 1.39 bits per heavy atom. The molecule has 0 bridgehead atoms. The maximum absolute atomic E-state index is 8.94. The SMILES string of the molecule is F.F.F.F.F.F.N#Cc1cccc[n+]1C/C=C/c1ccccc1. The van der Waals surface area contributed by atoms with Crippen molar-refractivity contribution in [3.8, 4) is 6.07 Å². The largest absolute Gasteiger partial charge is 0.283 e. The predicted molar refractivity (Wildman–Crippen MR) is 81.8 cm³/mol. The van der Waals surface area contributed by atoms with E-state index >= 15 is 0 Å².